The zero-order valence-electron chi connectivity index (χ0n) is 9.40. The molecule has 3 heteroatoms. The molecule has 0 bridgehead atoms. The number of hydrogen-bond donors (Lipinski definition) is 0. The number of ketones is 2. The molecular formula is C13H15NO2. The van der Waals surface area contributed by atoms with Gasteiger partial charge in [0.2, 0.25) is 0 Å². The summed E-state index contributed by atoms with van der Waals surface area (Å²) in [5.41, 5.74) is 1.60. The van der Waals surface area contributed by atoms with Gasteiger partial charge in [-0.25, -0.2) is 0 Å². The third-order valence-corrected chi connectivity index (χ3v) is 2.87. The van der Waals surface area contributed by atoms with Crippen molar-refractivity contribution in [3.05, 3.63) is 29.8 Å². The van der Waals surface area contributed by atoms with E-state index in [4.69, 9.17) is 0 Å². The van der Waals surface area contributed by atoms with Crippen molar-refractivity contribution in [3.8, 4) is 0 Å². The number of Topliss-reactive ketones (excluding diaryl/α,β-unsaturated/α-hetero) is 2. The minimum Gasteiger partial charge on any atom is -0.364 e. The largest absolute Gasteiger partial charge is 0.364 e. The first-order valence-corrected chi connectivity index (χ1v) is 5.55. The first kappa shape index (κ1) is 10.9. The second-order valence-electron chi connectivity index (χ2n) is 4.14. The molecule has 1 aliphatic rings. The predicted molar refractivity (Wildman–Crippen MR) is 62.9 cm³/mol. The summed E-state index contributed by atoms with van der Waals surface area (Å²) in [4.78, 5) is 24.9. The van der Waals surface area contributed by atoms with Crippen molar-refractivity contribution in [2.45, 2.75) is 19.8 Å². The zero-order valence-corrected chi connectivity index (χ0v) is 9.40. The van der Waals surface area contributed by atoms with E-state index in [0.29, 0.717) is 18.5 Å². The van der Waals surface area contributed by atoms with E-state index in [1.807, 2.05) is 29.2 Å². The minimum absolute atomic E-state index is 0.0497. The average molecular weight is 217 g/mol. The highest BCUT2D eigenvalue weighted by Crippen LogP contribution is 2.23. The van der Waals surface area contributed by atoms with E-state index in [1.54, 1.807) is 6.92 Å². The maximum Gasteiger partial charge on any atom is 0.161 e. The first-order chi connectivity index (χ1) is 7.68. The Morgan fingerprint density at radius 2 is 2.06 bits per heavy atom. The fourth-order valence-electron chi connectivity index (χ4n) is 2.09. The van der Waals surface area contributed by atoms with Gasteiger partial charge in [0.05, 0.1) is 6.54 Å². The Hall–Kier alpha value is -1.64. The monoisotopic (exact) mass is 217 g/mol. The van der Waals surface area contributed by atoms with Crippen LogP contribution in [-0.4, -0.2) is 24.7 Å². The summed E-state index contributed by atoms with van der Waals surface area (Å²) in [7, 11) is 0. The maximum atomic E-state index is 11.5. The van der Waals surface area contributed by atoms with Crippen molar-refractivity contribution < 1.29 is 9.59 Å². The molecule has 1 fully saturated rings. The van der Waals surface area contributed by atoms with Crippen LogP contribution in [0, 0.1) is 0 Å². The molecule has 3 nitrogen and oxygen atoms in total. The van der Waals surface area contributed by atoms with Crippen LogP contribution < -0.4 is 4.90 Å². The molecule has 1 aromatic carbocycles. The third-order valence-electron chi connectivity index (χ3n) is 2.87. The Balaban J connectivity index is 2.32. The summed E-state index contributed by atoms with van der Waals surface area (Å²) < 4.78 is 0. The van der Waals surface area contributed by atoms with Crippen LogP contribution in [0.4, 0.5) is 5.69 Å². The molecule has 0 radical (unpaired) electrons. The Morgan fingerprint density at radius 3 is 2.75 bits per heavy atom. The van der Waals surface area contributed by atoms with E-state index >= 15 is 0 Å². The van der Waals surface area contributed by atoms with Crippen LogP contribution in [0.3, 0.4) is 0 Å². The predicted octanol–water partition coefficient (Wildman–Crippen LogP) is 2.06. The lowest BCUT2D eigenvalue weighted by molar-refractivity contribution is -0.118. The van der Waals surface area contributed by atoms with Gasteiger partial charge >= 0.3 is 0 Å². The van der Waals surface area contributed by atoms with Crippen LogP contribution >= 0.6 is 0 Å². The van der Waals surface area contributed by atoms with Gasteiger partial charge < -0.3 is 4.90 Å². The van der Waals surface area contributed by atoms with E-state index in [9.17, 15) is 9.59 Å². The highest BCUT2D eigenvalue weighted by Gasteiger charge is 2.20. The van der Waals surface area contributed by atoms with Gasteiger partial charge in [0.25, 0.3) is 0 Å². The fourth-order valence-corrected chi connectivity index (χ4v) is 2.09. The lowest BCUT2D eigenvalue weighted by atomic mass is 10.0. The molecule has 0 aliphatic carbocycles. The van der Waals surface area contributed by atoms with Crippen molar-refractivity contribution in [2.75, 3.05) is 18.0 Å². The molecule has 0 N–H and O–H groups in total. The highest BCUT2D eigenvalue weighted by molar-refractivity contribution is 6.00. The van der Waals surface area contributed by atoms with Gasteiger partial charge in [0.1, 0.15) is 0 Å². The van der Waals surface area contributed by atoms with Gasteiger partial charge in [-0.1, -0.05) is 12.1 Å². The molecule has 84 valence electrons. The number of benzene rings is 1. The molecule has 0 saturated carbocycles. The average Bonchev–Trinajstić information content (AvgIpc) is 2.29. The summed E-state index contributed by atoms with van der Waals surface area (Å²) in [6.45, 7) is 2.85. The standard InChI is InChI=1S/C13H15NO2/c1-10(15)12-6-2-3-7-13(12)14-8-4-5-11(16)9-14/h2-3,6-7H,4-5,8-9H2,1H3. The Morgan fingerprint density at radius 1 is 1.31 bits per heavy atom. The zero-order chi connectivity index (χ0) is 11.5. The Kier molecular flexibility index (Phi) is 3.04. The summed E-state index contributed by atoms with van der Waals surface area (Å²) in [5.74, 6) is 0.304. The lowest BCUT2D eigenvalue weighted by Gasteiger charge is -2.29. The molecule has 0 amide bonds. The molecule has 1 heterocycles. The number of hydrogen-bond acceptors (Lipinski definition) is 3. The van der Waals surface area contributed by atoms with E-state index in [0.717, 1.165) is 18.7 Å². The maximum absolute atomic E-state index is 11.5. The summed E-state index contributed by atoms with van der Waals surface area (Å²) >= 11 is 0. The van der Waals surface area contributed by atoms with Crippen molar-refractivity contribution in [2.24, 2.45) is 0 Å². The van der Waals surface area contributed by atoms with Gasteiger partial charge in [-0.05, 0) is 25.5 Å². The number of carbonyl (C=O) groups excluding carboxylic acids is 2. The molecule has 2 rings (SSSR count). The summed E-state index contributed by atoms with van der Waals surface area (Å²) in [6, 6.07) is 7.49. The van der Waals surface area contributed by atoms with E-state index in [2.05, 4.69) is 0 Å². The van der Waals surface area contributed by atoms with Gasteiger partial charge in [0, 0.05) is 24.2 Å². The molecule has 1 aromatic rings. The molecule has 0 aromatic heterocycles. The normalized spacial score (nSPS) is 16.3. The highest BCUT2D eigenvalue weighted by atomic mass is 16.1. The topological polar surface area (TPSA) is 37.4 Å². The molecule has 1 saturated heterocycles. The van der Waals surface area contributed by atoms with Crippen molar-refractivity contribution in [1.29, 1.82) is 0 Å². The Labute approximate surface area is 95.1 Å². The van der Waals surface area contributed by atoms with Crippen LogP contribution in [0.25, 0.3) is 0 Å². The van der Waals surface area contributed by atoms with E-state index < -0.39 is 0 Å². The SMILES string of the molecule is CC(=O)c1ccccc1N1CCCC(=O)C1. The second kappa shape index (κ2) is 4.47. The third kappa shape index (κ3) is 2.13. The van der Waals surface area contributed by atoms with Gasteiger partial charge in [-0.15, -0.1) is 0 Å². The number of carbonyl (C=O) groups is 2. The number of rotatable bonds is 2. The number of piperidine rings is 1. The summed E-state index contributed by atoms with van der Waals surface area (Å²) in [6.07, 6.45) is 1.55. The van der Waals surface area contributed by atoms with Gasteiger partial charge in [-0.3, -0.25) is 9.59 Å². The smallest absolute Gasteiger partial charge is 0.161 e. The molecule has 0 spiro atoms. The van der Waals surface area contributed by atoms with Gasteiger partial charge in [-0.2, -0.15) is 0 Å². The van der Waals surface area contributed by atoms with E-state index in [1.165, 1.54) is 0 Å². The molecule has 1 aliphatic heterocycles. The molecular weight excluding hydrogens is 202 g/mol. The fraction of sp³-hybridized carbons (Fsp3) is 0.385. The number of anilines is 1. The van der Waals surface area contributed by atoms with Crippen LogP contribution in [0.1, 0.15) is 30.1 Å². The molecule has 0 unspecified atom stereocenters. The van der Waals surface area contributed by atoms with Gasteiger partial charge in [0.15, 0.2) is 11.6 Å². The van der Waals surface area contributed by atoms with Crippen LogP contribution in [0.2, 0.25) is 0 Å². The van der Waals surface area contributed by atoms with E-state index in [-0.39, 0.29) is 11.6 Å². The van der Waals surface area contributed by atoms with Crippen molar-refractivity contribution in [3.63, 3.8) is 0 Å². The van der Waals surface area contributed by atoms with Crippen molar-refractivity contribution >= 4 is 17.3 Å². The number of nitrogens with zero attached hydrogens (tertiary/aromatic N) is 1. The summed E-state index contributed by atoms with van der Waals surface area (Å²) in [5, 5.41) is 0. The quantitative estimate of drug-likeness (QED) is 0.711. The molecule has 16 heavy (non-hydrogen) atoms. The van der Waals surface area contributed by atoms with Crippen LogP contribution in [-0.2, 0) is 4.79 Å². The van der Waals surface area contributed by atoms with Crippen LogP contribution in [0.5, 0.6) is 0 Å². The minimum atomic E-state index is 0.0497. The van der Waals surface area contributed by atoms with Crippen LogP contribution in [0.15, 0.2) is 24.3 Å². The Bertz CT molecular complexity index is 426. The first-order valence-electron chi connectivity index (χ1n) is 5.55. The lowest BCUT2D eigenvalue weighted by Crippen LogP contribution is -2.36. The number of para-hydroxylation sites is 1. The van der Waals surface area contributed by atoms with Crippen molar-refractivity contribution in [1.82, 2.24) is 0 Å². The molecule has 0 atom stereocenters. The second-order valence-corrected chi connectivity index (χ2v) is 4.14.